The lowest BCUT2D eigenvalue weighted by Crippen LogP contribution is -2.30. The van der Waals surface area contributed by atoms with E-state index >= 15 is 0 Å². The van der Waals surface area contributed by atoms with Gasteiger partial charge in [-0.15, -0.1) is 0 Å². The molecule has 1 N–H and O–H groups in total. The Morgan fingerprint density at radius 1 is 1.35 bits per heavy atom. The Morgan fingerprint density at radius 2 is 2.10 bits per heavy atom. The predicted molar refractivity (Wildman–Crippen MR) is 75.8 cm³/mol. The van der Waals surface area contributed by atoms with E-state index in [-0.39, 0.29) is 11.8 Å². The van der Waals surface area contributed by atoms with Crippen LogP contribution in [0.15, 0.2) is 24.3 Å². The predicted octanol–water partition coefficient (Wildman–Crippen LogP) is 1.44. The summed E-state index contributed by atoms with van der Waals surface area (Å²) in [7, 11) is 1.59. The van der Waals surface area contributed by atoms with Gasteiger partial charge >= 0.3 is 0 Å². The molecule has 0 unspecified atom stereocenters. The Morgan fingerprint density at radius 3 is 2.70 bits per heavy atom. The second-order valence-corrected chi connectivity index (χ2v) is 4.82. The third-order valence-corrected chi connectivity index (χ3v) is 3.41. The number of rotatable bonds is 6. The summed E-state index contributed by atoms with van der Waals surface area (Å²) < 4.78 is 5.05. The Kier molecular flexibility index (Phi) is 4.98. The van der Waals surface area contributed by atoms with E-state index in [4.69, 9.17) is 4.74 Å². The normalized spacial score (nSPS) is 14.4. The molecule has 5 nitrogen and oxygen atoms in total. The van der Waals surface area contributed by atoms with Gasteiger partial charge in [0.15, 0.2) is 0 Å². The lowest BCUT2D eigenvalue weighted by Gasteiger charge is -2.15. The molecule has 0 atom stereocenters. The molecular formula is C15H20N2O3. The third kappa shape index (κ3) is 3.73. The van der Waals surface area contributed by atoms with Gasteiger partial charge in [0.05, 0.1) is 7.11 Å². The maximum atomic E-state index is 11.9. The maximum Gasteiger partial charge on any atom is 0.251 e. The van der Waals surface area contributed by atoms with E-state index in [1.807, 2.05) is 4.90 Å². The fourth-order valence-electron chi connectivity index (χ4n) is 2.26. The monoisotopic (exact) mass is 276 g/mol. The van der Waals surface area contributed by atoms with Crippen molar-refractivity contribution in [2.75, 3.05) is 26.7 Å². The minimum Gasteiger partial charge on any atom is -0.497 e. The maximum absolute atomic E-state index is 11.9. The number of hydrogen-bond donors (Lipinski definition) is 1. The average molecular weight is 276 g/mol. The summed E-state index contributed by atoms with van der Waals surface area (Å²) in [5.74, 6) is 0.862. The highest BCUT2D eigenvalue weighted by Gasteiger charge is 2.19. The van der Waals surface area contributed by atoms with E-state index < -0.39 is 0 Å². The molecule has 0 spiro atoms. The molecule has 0 saturated carbocycles. The molecule has 1 aromatic carbocycles. The van der Waals surface area contributed by atoms with Crippen LogP contribution >= 0.6 is 0 Å². The van der Waals surface area contributed by atoms with Crippen LogP contribution in [0.1, 0.15) is 29.6 Å². The quantitative estimate of drug-likeness (QED) is 0.800. The SMILES string of the molecule is COc1ccc(C(=O)NCCCN2CCCC2=O)cc1. The first-order valence-corrected chi connectivity index (χ1v) is 6.91. The number of carbonyl (C=O) groups excluding carboxylic acids is 2. The number of nitrogens with one attached hydrogen (secondary N) is 1. The fraction of sp³-hybridized carbons (Fsp3) is 0.467. The number of benzene rings is 1. The van der Waals surface area contributed by atoms with E-state index in [0.717, 1.165) is 31.7 Å². The molecule has 0 bridgehead atoms. The van der Waals surface area contributed by atoms with Gasteiger partial charge in [-0.25, -0.2) is 0 Å². The number of amides is 2. The minimum atomic E-state index is -0.0969. The molecule has 0 radical (unpaired) electrons. The van der Waals surface area contributed by atoms with Crippen molar-refractivity contribution in [1.82, 2.24) is 10.2 Å². The van der Waals surface area contributed by atoms with Crippen molar-refractivity contribution in [2.24, 2.45) is 0 Å². The molecule has 20 heavy (non-hydrogen) atoms. The van der Waals surface area contributed by atoms with Crippen LogP contribution in [0.3, 0.4) is 0 Å². The second-order valence-electron chi connectivity index (χ2n) is 4.82. The van der Waals surface area contributed by atoms with Crippen molar-refractivity contribution in [3.8, 4) is 5.75 Å². The zero-order chi connectivity index (χ0) is 14.4. The van der Waals surface area contributed by atoms with Crippen molar-refractivity contribution in [3.05, 3.63) is 29.8 Å². The molecule has 0 aromatic heterocycles. The molecule has 5 heteroatoms. The summed E-state index contributed by atoms with van der Waals surface area (Å²) in [6, 6.07) is 6.99. The van der Waals surface area contributed by atoms with Crippen LogP contribution in [-0.2, 0) is 4.79 Å². The van der Waals surface area contributed by atoms with E-state index in [0.29, 0.717) is 18.5 Å². The van der Waals surface area contributed by atoms with Gasteiger partial charge in [-0.05, 0) is 37.1 Å². The van der Waals surface area contributed by atoms with Crippen LogP contribution in [0.5, 0.6) is 5.75 Å². The molecule has 1 aliphatic heterocycles. The lowest BCUT2D eigenvalue weighted by molar-refractivity contribution is -0.127. The van der Waals surface area contributed by atoms with Crippen LogP contribution in [0.2, 0.25) is 0 Å². The number of ether oxygens (including phenoxy) is 1. The van der Waals surface area contributed by atoms with Crippen LogP contribution in [0.4, 0.5) is 0 Å². The van der Waals surface area contributed by atoms with Gasteiger partial charge in [-0.1, -0.05) is 0 Å². The van der Waals surface area contributed by atoms with Crippen molar-refractivity contribution in [1.29, 1.82) is 0 Å². The lowest BCUT2D eigenvalue weighted by atomic mass is 10.2. The Hall–Kier alpha value is -2.04. The number of methoxy groups -OCH3 is 1. The smallest absolute Gasteiger partial charge is 0.251 e. The molecule has 1 fully saturated rings. The van der Waals surface area contributed by atoms with Gasteiger partial charge in [0.2, 0.25) is 5.91 Å². The molecule has 1 saturated heterocycles. The summed E-state index contributed by atoms with van der Waals surface area (Å²) in [5, 5.41) is 2.86. The molecule has 1 aromatic rings. The van der Waals surface area contributed by atoms with Crippen molar-refractivity contribution in [2.45, 2.75) is 19.3 Å². The largest absolute Gasteiger partial charge is 0.497 e. The van der Waals surface area contributed by atoms with Crippen LogP contribution in [0, 0.1) is 0 Å². The molecule has 1 aliphatic rings. The van der Waals surface area contributed by atoms with E-state index in [9.17, 15) is 9.59 Å². The highest BCUT2D eigenvalue weighted by atomic mass is 16.5. The Labute approximate surface area is 118 Å². The highest BCUT2D eigenvalue weighted by molar-refractivity contribution is 5.94. The standard InChI is InChI=1S/C15H20N2O3/c1-20-13-7-5-12(6-8-13)15(19)16-9-3-11-17-10-2-4-14(17)18/h5-8H,2-4,9-11H2,1H3,(H,16,19). The van der Waals surface area contributed by atoms with Crippen LogP contribution < -0.4 is 10.1 Å². The van der Waals surface area contributed by atoms with Crippen LogP contribution in [-0.4, -0.2) is 43.5 Å². The van der Waals surface area contributed by atoms with Gasteiger partial charge in [-0.3, -0.25) is 9.59 Å². The molecule has 1 heterocycles. The van der Waals surface area contributed by atoms with Crippen molar-refractivity contribution >= 4 is 11.8 Å². The van der Waals surface area contributed by atoms with Gasteiger partial charge in [-0.2, -0.15) is 0 Å². The molecule has 0 aliphatic carbocycles. The first kappa shape index (κ1) is 14.4. The molecule has 2 amide bonds. The minimum absolute atomic E-state index is 0.0969. The van der Waals surface area contributed by atoms with Crippen LogP contribution in [0.25, 0.3) is 0 Å². The van der Waals surface area contributed by atoms with E-state index in [2.05, 4.69) is 5.32 Å². The van der Waals surface area contributed by atoms with Gasteiger partial charge in [0.1, 0.15) is 5.75 Å². The van der Waals surface area contributed by atoms with Gasteiger partial charge < -0.3 is 15.0 Å². The summed E-state index contributed by atoms with van der Waals surface area (Å²) in [6.45, 7) is 2.15. The number of hydrogen-bond acceptors (Lipinski definition) is 3. The first-order valence-electron chi connectivity index (χ1n) is 6.91. The summed E-state index contributed by atoms with van der Waals surface area (Å²) in [5.41, 5.74) is 0.614. The summed E-state index contributed by atoms with van der Waals surface area (Å²) >= 11 is 0. The first-order chi connectivity index (χ1) is 9.70. The van der Waals surface area contributed by atoms with Gasteiger partial charge in [0, 0.05) is 31.6 Å². The second kappa shape index (κ2) is 6.93. The van der Waals surface area contributed by atoms with Crippen molar-refractivity contribution in [3.63, 3.8) is 0 Å². The van der Waals surface area contributed by atoms with Crippen molar-refractivity contribution < 1.29 is 14.3 Å². The molecule has 108 valence electrons. The number of nitrogens with zero attached hydrogens (tertiary/aromatic N) is 1. The molecular weight excluding hydrogens is 256 g/mol. The Balaban J connectivity index is 1.70. The third-order valence-electron chi connectivity index (χ3n) is 3.41. The number of carbonyl (C=O) groups is 2. The summed E-state index contributed by atoms with van der Waals surface area (Å²) in [4.78, 5) is 25.1. The number of likely N-dealkylation sites (tertiary alicyclic amines) is 1. The zero-order valence-electron chi connectivity index (χ0n) is 11.7. The molecule has 2 rings (SSSR count). The highest BCUT2D eigenvalue weighted by Crippen LogP contribution is 2.11. The van der Waals surface area contributed by atoms with Gasteiger partial charge in [0.25, 0.3) is 5.91 Å². The topological polar surface area (TPSA) is 58.6 Å². The van der Waals surface area contributed by atoms with E-state index in [1.54, 1.807) is 31.4 Å². The zero-order valence-corrected chi connectivity index (χ0v) is 11.7. The van der Waals surface area contributed by atoms with E-state index in [1.165, 1.54) is 0 Å². The summed E-state index contributed by atoms with van der Waals surface area (Å²) in [6.07, 6.45) is 2.41. The average Bonchev–Trinajstić information content (AvgIpc) is 2.89. The Bertz CT molecular complexity index is 471. The fourth-order valence-corrected chi connectivity index (χ4v) is 2.26.